The number of methoxy groups -OCH3 is 1. The van der Waals surface area contributed by atoms with Crippen LogP contribution in [-0.4, -0.2) is 80.9 Å². The number of sulfone groups is 1. The van der Waals surface area contributed by atoms with E-state index in [1.807, 2.05) is 13.8 Å². The lowest BCUT2D eigenvalue weighted by atomic mass is 9.94. The van der Waals surface area contributed by atoms with E-state index in [9.17, 15) is 18.3 Å². The molecule has 1 aliphatic heterocycles. The molecule has 4 N–H and O–H groups in total. The van der Waals surface area contributed by atoms with Crippen molar-refractivity contribution in [2.75, 3.05) is 46.6 Å². The molecule has 0 aliphatic carbocycles. The average molecular weight is 551 g/mol. The highest BCUT2D eigenvalue weighted by molar-refractivity contribution is 7.93. The Morgan fingerprint density at radius 2 is 1.63 bits per heavy atom. The van der Waals surface area contributed by atoms with Gasteiger partial charge in [-0.1, -0.05) is 23.8 Å². The van der Waals surface area contributed by atoms with Crippen LogP contribution >= 0.6 is 0 Å². The molecule has 1 heterocycles. The first-order valence-electron chi connectivity index (χ1n) is 12.2. The number of morpholine rings is 1. The fourth-order valence-corrected chi connectivity index (χ4v) is 5.89. The average Bonchev–Trinajstić information content (AvgIpc) is 2.93. The predicted molar refractivity (Wildman–Crippen MR) is 143 cm³/mol. The van der Waals surface area contributed by atoms with Gasteiger partial charge < -0.3 is 24.5 Å². The molecule has 210 valence electrons. The number of carboxylic acids is 1. The summed E-state index contributed by atoms with van der Waals surface area (Å²) < 4.78 is 41.8. The third-order valence-corrected chi connectivity index (χ3v) is 8.71. The Labute approximate surface area is 224 Å². The van der Waals surface area contributed by atoms with E-state index in [4.69, 9.17) is 19.4 Å². The van der Waals surface area contributed by atoms with Crippen LogP contribution in [-0.2, 0) is 25.8 Å². The zero-order chi connectivity index (χ0) is 28.2. The van der Waals surface area contributed by atoms with Gasteiger partial charge in [0.2, 0.25) is 0 Å². The highest BCUT2D eigenvalue weighted by Crippen LogP contribution is 2.35. The SMILES string of the molecule is COc1ccc(S(=O)(=O)C(CC=C(C)C)(Cc2ccc(OCCN3CCOCC3)cc2)C(=O)O)cc1.NO. The smallest absolute Gasteiger partial charge is 0.326 e. The minimum Gasteiger partial charge on any atom is -0.497 e. The summed E-state index contributed by atoms with van der Waals surface area (Å²) in [5.74, 6) is 3.25. The Morgan fingerprint density at radius 3 is 2.16 bits per heavy atom. The molecule has 1 saturated heterocycles. The largest absolute Gasteiger partial charge is 0.497 e. The van der Waals surface area contributed by atoms with Gasteiger partial charge in [-0.25, -0.2) is 14.3 Å². The molecule has 1 unspecified atom stereocenters. The van der Waals surface area contributed by atoms with E-state index in [2.05, 4.69) is 10.8 Å². The van der Waals surface area contributed by atoms with Crippen LogP contribution in [0.4, 0.5) is 0 Å². The molecule has 0 bridgehead atoms. The fourth-order valence-electron chi connectivity index (χ4n) is 4.05. The van der Waals surface area contributed by atoms with Crippen molar-refractivity contribution in [3.8, 4) is 11.5 Å². The number of benzene rings is 2. The summed E-state index contributed by atoms with van der Waals surface area (Å²) in [6.45, 7) is 8.16. The molecule has 11 heteroatoms. The number of ether oxygens (including phenoxy) is 3. The summed E-state index contributed by atoms with van der Waals surface area (Å²) in [6.07, 6.45) is 1.32. The Morgan fingerprint density at radius 1 is 1.05 bits per heavy atom. The van der Waals surface area contributed by atoms with E-state index >= 15 is 0 Å². The van der Waals surface area contributed by atoms with Crippen LogP contribution in [0.15, 0.2) is 65.1 Å². The van der Waals surface area contributed by atoms with E-state index in [-0.39, 0.29) is 17.7 Å². The van der Waals surface area contributed by atoms with E-state index in [1.165, 1.54) is 31.4 Å². The molecule has 2 aromatic carbocycles. The first kappa shape index (κ1) is 31.3. The lowest BCUT2D eigenvalue weighted by Crippen LogP contribution is -2.48. The molecule has 2 aromatic rings. The lowest BCUT2D eigenvalue weighted by Gasteiger charge is -2.29. The fraction of sp³-hybridized carbons (Fsp3) is 0.444. The third kappa shape index (κ3) is 8.02. The van der Waals surface area contributed by atoms with Crippen LogP contribution in [0, 0.1) is 0 Å². The van der Waals surface area contributed by atoms with Crippen molar-refractivity contribution in [3.63, 3.8) is 0 Å². The minimum absolute atomic E-state index is 0.0593. The number of allylic oxidation sites excluding steroid dienone is 2. The number of hydrogen-bond donors (Lipinski definition) is 3. The van der Waals surface area contributed by atoms with E-state index in [0.717, 1.165) is 38.4 Å². The first-order chi connectivity index (χ1) is 18.2. The van der Waals surface area contributed by atoms with Crippen LogP contribution < -0.4 is 15.4 Å². The van der Waals surface area contributed by atoms with Gasteiger partial charge in [0.25, 0.3) is 0 Å². The van der Waals surface area contributed by atoms with Crippen molar-refractivity contribution in [3.05, 3.63) is 65.7 Å². The number of nitrogens with two attached hydrogens (primary N) is 1. The quantitative estimate of drug-likeness (QED) is 0.266. The molecular formula is C27H38N2O8S. The van der Waals surface area contributed by atoms with Crippen LogP contribution in [0.2, 0.25) is 0 Å². The van der Waals surface area contributed by atoms with E-state index in [0.29, 0.717) is 23.7 Å². The first-order valence-corrected chi connectivity index (χ1v) is 13.7. The van der Waals surface area contributed by atoms with Crippen LogP contribution in [0.1, 0.15) is 25.8 Å². The second kappa shape index (κ2) is 14.8. The van der Waals surface area contributed by atoms with E-state index in [1.54, 1.807) is 30.3 Å². The molecule has 38 heavy (non-hydrogen) atoms. The van der Waals surface area contributed by atoms with Gasteiger partial charge in [0, 0.05) is 26.1 Å². The van der Waals surface area contributed by atoms with E-state index < -0.39 is 20.6 Å². The number of carbonyl (C=O) groups is 1. The van der Waals surface area contributed by atoms with Crippen molar-refractivity contribution in [1.29, 1.82) is 0 Å². The van der Waals surface area contributed by atoms with Crippen molar-refractivity contribution in [2.24, 2.45) is 5.90 Å². The van der Waals surface area contributed by atoms with Crippen molar-refractivity contribution < 1.29 is 37.7 Å². The highest BCUT2D eigenvalue weighted by atomic mass is 32.2. The summed E-state index contributed by atoms with van der Waals surface area (Å²) in [6, 6.07) is 12.8. The van der Waals surface area contributed by atoms with Gasteiger partial charge >= 0.3 is 5.97 Å². The number of hydrogen-bond acceptors (Lipinski definition) is 9. The van der Waals surface area contributed by atoms with Gasteiger partial charge in [-0.05, 0) is 62.2 Å². The van der Waals surface area contributed by atoms with Crippen molar-refractivity contribution in [1.82, 2.24) is 4.90 Å². The topological polar surface area (TPSA) is 149 Å². The Balaban J connectivity index is 0.00000247. The van der Waals surface area contributed by atoms with Gasteiger partial charge in [-0.15, -0.1) is 0 Å². The normalized spacial score (nSPS) is 15.4. The van der Waals surface area contributed by atoms with Gasteiger partial charge in [-0.3, -0.25) is 9.69 Å². The molecule has 1 fully saturated rings. The van der Waals surface area contributed by atoms with Gasteiger partial charge in [0.1, 0.15) is 18.1 Å². The monoisotopic (exact) mass is 550 g/mol. The predicted octanol–water partition coefficient (Wildman–Crippen LogP) is 2.94. The third-order valence-electron chi connectivity index (χ3n) is 6.31. The van der Waals surface area contributed by atoms with Gasteiger partial charge in [-0.2, -0.15) is 0 Å². The maximum absolute atomic E-state index is 13.8. The Bertz CT molecular complexity index is 1140. The molecule has 0 aromatic heterocycles. The van der Waals surface area contributed by atoms with Crippen molar-refractivity contribution in [2.45, 2.75) is 36.3 Å². The Kier molecular flexibility index (Phi) is 12.2. The molecule has 0 saturated carbocycles. The Hall–Kier alpha value is -2.96. The molecular weight excluding hydrogens is 512 g/mol. The maximum Gasteiger partial charge on any atom is 0.326 e. The second-order valence-corrected chi connectivity index (χ2v) is 11.3. The summed E-state index contributed by atoms with van der Waals surface area (Å²) in [5, 5.41) is 16.8. The molecule has 0 amide bonds. The van der Waals surface area contributed by atoms with Crippen LogP contribution in [0.3, 0.4) is 0 Å². The molecule has 3 rings (SSSR count). The zero-order valence-electron chi connectivity index (χ0n) is 22.1. The number of nitrogens with zero attached hydrogens (tertiary/aromatic N) is 1. The summed E-state index contributed by atoms with van der Waals surface area (Å²) in [4.78, 5) is 14.9. The number of carboxylic acid groups (broad SMARTS) is 1. The van der Waals surface area contributed by atoms with Crippen LogP contribution in [0.5, 0.6) is 11.5 Å². The zero-order valence-corrected chi connectivity index (χ0v) is 22.9. The molecule has 0 radical (unpaired) electrons. The minimum atomic E-state index is -4.26. The molecule has 0 spiro atoms. The summed E-state index contributed by atoms with van der Waals surface area (Å²) >= 11 is 0. The standard InChI is InChI=1S/C27H35NO7S.H3NO/c1-21(2)12-13-27(26(29)30,36(31,32)25-10-8-23(33-3)9-11-25)20-22-4-6-24(7-5-22)35-19-16-28-14-17-34-18-15-28;1-2/h4-12H,13-20H2,1-3H3,(H,29,30);2H,1H2. The molecule has 10 nitrogen and oxygen atoms in total. The van der Waals surface area contributed by atoms with Gasteiger partial charge in [0.15, 0.2) is 14.6 Å². The summed E-state index contributed by atoms with van der Waals surface area (Å²) in [5.41, 5.74) is 1.44. The second-order valence-electron chi connectivity index (χ2n) is 9.09. The van der Waals surface area contributed by atoms with Crippen molar-refractivity contribution >= 4 is 15.8 Å². The molecule has 1 atom stereocenters. The van der Waals surface area contributed by atoms with Gasteiger partial charge in [0.05, 0.1) is 25.2 Å². The van der Waals surface area contributed by atoms with Crippen LogP contribution in [0.25, 0.3) is 0 Å². The summed E-state index contributed by atoms with van der Waals surface area (Å²) in [7, 11) is -2.78. The number of aliphatic carboxylic acids is 1. The lowest BCUT2D eigenvalue weighted by molar-refractivity contribution is -0.140. The molecule has 1 aliphatic rings. The number of rotatable bonds is 12. The maximum atomic E-state index is 13.8. The highest BCUT2D eigenvalue weighted by Gasteiger charge is 2.51.